The normalized spacial score (nSPS) is 8.09. The maximum absolute atomic E-state index is 8.74. The van der Waals surface area contributed by atoms with Crippen LogP contribution in [0, 0.1) is 27.7 Å². The fraction of sp³-hybridized carbons (Fsp3) is 0.750. The van der Waals surface area contributed by atoms with Gasteiger partial charge in [-0.2, -0.15) is 34.1 Å². The molecule has 0 aliphatic heterocycles. The molecular formula is C16H38O4STi. The van der Waals surface area contributed by atoms with Crippen LogP contribution in [-0.2, 0) is 32.1 Å². The van der Waals surface area contributed by atoms with E-state index in [-0.39, 0.29) is 21.7 Å². The Morgan fingerprint density at radius 1 is 0.636 bits per heavy atom. The molecule has 0 fully saturated rings. The Morgan fingerprint density at radius 2 is 0.682 bits per heavy atom. The van der Waals surface area contributed by atoms with E-state index in [2.05, 4.69) is 55.4 Å². The zero-order valence-electron chi connectivity index (χ0n) is 15.1. The van der Waals surface area contributed by atoms with E-state index in [1.165, 1.54) is 25.7 Å². The third-order valence-electron chi connectivity index (χ3n) is 1.41. The van der Waals surface area contributed by atoms with E-state index in [1.54, 1.807) is 0 Å². The zero-order valence-corrected chi connectivity index (χ0v) is 17.5. The zero-order chi connectivity index (χ0) is 18.2. The summed E-state index contributed by atoms with van der Waals surface area (Å²) >= 11 is 0. The summed E-state index contributed by atoms with van der Waals surface area (Å²) in [6.07, 6.45) is 9.11. The quantitative estimate of drug-likeness (QED) is 0.369. The third-order valence-corrected chi connectivity index (χ3v) is 1.41. The van der Waals surface area contributed by atoms with Crippen molar-refractivity contribution in [3.8, 4) is 0 Å². The first-order valence-electron chi connectivity index (χ1n) is 7.53. The second-order valence-electron chi connectivity index (χ2n) is 3.86. The second kappa shape index (κ2) is 43.0. The molecule has 0 saturated carbocycles. The van der Waals surface area contributed by atoms with E-state index < -0.39 is 10.4 Å². The fourth-order valence-electron chi connectivity index (χ4n) is 0. The van der Waals surface area contributed by atoms with Crippen molar-refractivity contribution in [1.82, 2.24) is 0 Å². The standard InChI is InChI=1S/4C4H9.H2O4S.Ti/c4*1-3-4-2;1-5(2,3)4;/h4*1,3-4H2,2H3;(H2,1,2,3,4);/q4*-1;;+4. The second-order valence-corrected chi connectivity index (χ2v) is 4.76. The van der Waals surface area contributed by atoms with Gasteiger partial charge in [-0.25, -0.2) is 0 Å². The molecule has 22 heavy (non-hydrogen) atoms. The van der Waals surface area contributed by atoms with Crippen LogP contribution in [0.1, 0.15) is 79.1 Å². The van der Waals surface area contributed by atoms with Crippen LogP contribution < -0.4 is 0 Å². The van der Waals surface area contributed by atoms with Crippen LogP contribution in [0.2, 0.25) is 0 Å². The van der Waals surface area contributed by atoms with Gasteiger partial charge in [-0.1, -0.05) is 53.4 Å². The fourth-order valence-corrected chi connectivity index (χ4v) is 0. The average Bonchev–Trinajstić information content (AvgIpc) is 2.45. The van der Waals surface area contributed by atoms with E-state index >= 15 is 0 Å². The van der Waals surface area contributed by atoms with Gasteiger partial charge in [0, 0.05) is 0 Å². The molecule has 0 bridgehead atoms. The Morgan fingerprint density at radius 3 is 0.682 bits per heavy atom. The molecule has 0 aromatic heterocycles. The number of hydrogen-bond acceptors (Lipinski definition) is 2. The van der Waals surface area contributed by atoms with Crippen LogP contribution in [0.5, 0.6) is 0 Å². The Bertz CT molecular complexity index is 176. The van der Waals surface area contributed by atoms with Crippen LogP contribution >= 0.6 is 0 Å². The van der Waals surface area contributed by atoms with Gasteiger partial charge < -0.3 is 27.7 Å². The van der Waals surface area contributed by atoms with Crippen molar-refractivity contribution in [2.75, 3.05) is 0 Å². The molecule has 2 N–H and O–H groups in total. The molecule has 0 aliphatic carbocycles. The van der Waals surface area contributed by atoms with E-state index in [1.807, 2.05) is 0 Å². The molecule has 0 aliphatic rings. The van der Waals surface area contributed by atoms with E-state index in [4.69, 9.17) is 17.5 Å². The number of hydrogen-bond donors (Lipinski definition) is 2. The third kappa shape index (κ3) is 376. The van der Waals surface area contributed by atoms with Crippen LogP contribution in [0.4, 0.5) is 0 Å². The maximum atomic E-state index is 8.74. The van der Waals surface area contributed by atoms with Gasteiger partial charge in [0.1, 0.15) is 0 Å². The van der Waals surface area contributed by atoms with Crippen LogP contribution in [-0.4, -0.2) is 17.5 Å². The monoisotopic (exact) mass is 374 g/mol. The molecule has 6 heteroatoms. The van der Waals surface area contributed by atoms with Gasteiger partial charge in [0.25, 0.3) is 0 Å². The van der Waals surface area contributed by atoms with Crippen molar-refractivity contribution >= 4 is 10.4 Å². The van der Waals surface area contributed by atoms with E-state index in [0.29, 0.717) is 0 Å². The molecule has 0 amide bonds. The van der Waals surface area contributed by atoms with Crippen molar-refractivity contribution in [2.45, 2.75) is 79.1 Å². The molecule has 0 spiro atoms. The largest absolute Gasteiger partial charge is 4.00 e. The molecule has 0 radical (unpaired) electrons. The molecule has 0 saturated heterocycles. The van der Waals surface area contributed by atoms with E-state index in [9.17, 15) is 0 Å². The van der Waals surface area contributed by atoms with E-state index in [0.717, 1.165) is 25.7 Å². The first-order chi connectivity index (χ1) is 9.66. The Kier molecular flexibility index (Phi) is 74.8. The number of unbranched alkanes of at least 4 members (excludes halogenated alkanes) is 4. The molecule has 0 atom stereocenters. The summed E-state index contributed by atoms with van der Waals surface area (Å²) in [4.78, 5) is 0. The minimum absolute atomic E-state index is 0. The van der Waals surface area contributed by atoms with Gasteiger partial charge >= 0.3 is 32.1 Å². The van der Waals surface area contributed by atoms with Crippen molar-refractivity contribution in [3.63, 3.8) is 0 Å². The van der Waals surface area contributed by atoms with Gasteiger partial charge in [-0.05, 0) is 0 Å². The minimum atomic E-state index is -4.67. The summed E-state index contributed by atoms with van der Waals surface area (Å²) in [7, 11) is -4.67. The van der Waals surface area contributed by atoms with Gasteiger partial charge in [0.15, 0.2) is 0 Å². The van der Waals surface area contributed by atoms with Crippen LogP contribution in [0.3, 0.4) is 0 Å². The van der Waals surface area contributed by atoms with Crippen molar-refractivity contribution < 1.29 is 39.2 Å². The summed E-state index contributed by atoms with van der Waals surface area (Å²) in [5.74, 6) is 0. The molecule has 0 unspecified atom stereocenters. The molecule has 0 aromatic carbocycles. The molecule has 0 aromatic rings. The summed E-state index contributed by atoms with van der Waals surface area (Å²) < 4.78 is 31.6. The molecule has 0 rings (SSSR count). The summed E-state index contributed by atoms with van der Waals surface area (Å²) in [5.41, 5.74) is 0. The van der Waals surface area contributed by atoms with Gasteiger partial charge in [-0.3, -0.25) is 9.11 Å². The Labute approximate surface area is 156 Å². The molecule has 0 heterocycles. The van der Waals surface area contributed by atoms with Gasteiger partial charge in [0.2, 0.25) is 0 Å². The predicted octanol–water partition coefficient (Wildman–Crippen LogP) is 5.83. The van der Waals surface area contributed by atoms with Gasteiger partial charge in [0.05, 0.1) is 0 Å². The number of rotatable bonds is 4. The maximum Gasteiger partial charge on any atom is 4.00 e. The minimum Gasteiger partial charge on any atom is -0.343 e. The molecule has 4 nitrogen and oxygen atoms in total. The van der Waals surface area contributed by atoms with Gasteiger partial charge in [-0.15, -0.1) is 0 Å². The van der Waals surface area contributed by atoms with Crippen LogP contribution in [0.15, 0.2) is 0 Å². The summed E-state index contributed by atoms with van der Waals surface area (Å²) in [6.45, 7) is 22.9. The van der Waals surface area contributed by atoms with Crippen LogP contribution in [0.25, 0.3) is 0 Å². The smallest absolute Gasteiger partial charge is 0.343 e. The molecule has 136 valence electrons. The Balaban J connectivity index is -0.0000000361. The Hall–Kier alpha value is 0.584. The molecular weight excluding hydrogens is 336 g/mol. The average molecular weight is 374 g/mol. The predicted molar refractivity (Wildman–Crippen MR) is 95.2 cm³/mol. The first-order valence-corrected chi connectivity index (χ1v) is 8.92. The van der Waals surface area contributed by atoms with Crippen molar-refractivity contribution in [2.24, 2.45) is 0 Å². The topological polar surface area (TPSA) is 74.6 Å². The summed E-state index contributed by atoms with van der Waals surface area (Å²) in [6, 6.07) is 0. The SMILES string of the molecule is O=S(=O)(O)O.[CH2-]CCC.[CH2-]CCC.[CH2-]CCC.[CH2-]CCC.[Ti+4]. The first kappa shape index (κ1) is 38.3. The van der Waals surface area contributed by atoms with Crippen molar-refractivity contribution in [1.29, 1.82) is 0 Å². The van der Waals surface area contributed by atoms with Crippen molar-refractivity contribution in [3.05, 3.63) is 27.7 Å². The summed E-state index contributed by atoms with van der Waals surface area (Å²) in [5, 5.41) is 0.